The molecule has 4 aromatic rings. The molecule has 1 atom stereocenters. The van der Waals surface area contributed by atoms with Crippen LogP contribution in [-0.4, -0.2) is 38.2 Å². The maximum absolute atomic E-state index is 13.4. The minimum Gasteiger partial charge on any atom is -0.469 e. The number of carbonyl (C=O) groups excluding carboxylic acids is 1. The maximum atomic E-state index is 13.4. The van der Waals surface area contributed by atoms with E-state index in [2.05, 4.69) is 39.9 Å². The van der Waals surface area contributed by atoms with Crippen molar-refractivity contribution in [3.63, 3.8) is 0 Å². The topological polar surface area (TPSA) is 64.2 Å². The van der Waals surface area contributed by atoms with Gasteiger partial charge in [0.15, 0.2) is 11.0 Å². The van der Waals surface area contributed by atoms with Gasteiger partial charge in [0.2, 0.25) is 5.91 Å². The van der Waals surface area contributed by atoms with Gasteiger partial charge in [0, 0.05) is 16.7 Å². The number of fused-ring (bicyclic) bond motifs is 1. The molecule has 1 aliphatic heterocycles. The zero-order valence-electron chi connectivity index (χ0n) is 19.2. The Morgan fingerprint density at radius 3 is 2.71 bits per heavy atom. The summed E-state index contributed by atoms with van der Waals surface area (Å²) in [5.41, 5.74) is 3.06. The van der Waals surface area contributed by atoms with E-state index in [1.165, 1.54) is 11.8 Å². The molecule has 0 saturated heterocycles. The molecular formula is C26H26N4O2S2. The number of aromatic nitrogens is 3. The fourth-order valence-corrected chi connectivity index (χ4v) is 6.00. The fraction of sp³-hybridized carbons (Fsp3) is 0.269. The van der Waals surface area contributed by atoms with Crippen LogP contribution in [0.5, 0.6) is 0 Å². The first-order chi connectivity index (χ1) is 16.6. The molecule has 0 radical (unpaired) electrons. The Bertz CT molecular complexity index is 1280. The fourth-order valence-electron chi connectivity index (χ4n) is 4.07. The molecule has 0 spiro atoms. The second-order valence-electron chi connectivity index (χ2n) is 8.29. The number of para-hydroxylation sites is 1. The second kappa shape index (κ2) is 10.1. The Labute approximate surface area is 207 Å². The summed E-state index contributed by atoms with van der Waals surface area (Å²) in [5.74, 6) is 1.92. The molecule has 6 nitrogen and oxygen atoms in total. The van der Waals surface area contributed by atoms with Gasteiger partial charge in [-0.2, -0.15) is 0 Å². The average Bonchev–Trinajstić information content (AvgIpc) is 3.39. The second-order valence-corrected chi connectivity index (χ2v) is 10.7. The lowest BCUT2D eigenvalue weighted by Gasteiger charge is -2.22. The average molecular weight is 491 g/mol. The highest BCUT2D eigenvalue weighted by Crippen LogP contribution is 2.38. The van der Waals surface area contributed by atoms with Gasteiger partial charge in [0.25, 0.3) is 0 Å². The summed E-state index contributed by atoms with van der Waals surface area (Å²) >= 11 is 3.27. The summed E-state index contributed by atoms with van der Waals surface area (Å²) in [6.45, 7) is 5.48. The molecule has 8 heteroatoms. The van der Waals surface area contributed by atoms with Crippen LogP contribution < -0.4 is 4.90 Å². The monoisotopic (exact) mass is 490 g/mol. The number of furan rings is 1. The first-order valence-electron chi connectivity index (χ1n) is 11.3. The molecule has 0 aliphatic carbocycles. The first-order valence-corrected chi connectivity index (χ1v) is 13.2. The van der Waals surface area contributed by atoms with Gasteiger partial charge in [-0.1, -0.05) is 61.2 Å². The smallest absolute Gasteiger partial charge is 0.237 e. The van der Waals surface area contributed by atoms with Gasteiger partial charge in [-0.3, -0.25) is 9.36 Å². The van der Waals surface area contributed by atoms with Crippen molar-refractivity contribution < 1.29 is 9.21 Å². The highest BCUT2D eigenvalue weighted by Gasteiger charge is 2.25. The molecule has 174 valence electrons. The lowest BCUT2D eigenvalue weighted by molar-refractivity contribution is -0.116. The van der Waals surface area contributed by atoms with E-state index in [-0.39, 0.29) is 5.91 Å². The minimum absolute atomic E-state index is 0.0856. The van der Waals surface area contributed by atoms with Gasteiger partial charge in [-0.25, -0.2) is 0 Å². The zero-order valence-corrected chi connectivity index (χ0v) is 20.8. The largest absolute Gasteiger partial charge is 0.469 e. The quantitative estimate of drug-likeness (QED) is 0.313. The Balaban J connectivity index is 1.40. The summed E-state index contributed by atoms with van der Waals surface area (Å²) in [5, 5.41) is 10.1. The van der Waals surface area contributed by atoms with E-state index in [0.29, 0.717) is 17.5 Å². The molecule has 0 N–H and O–H groups in total. The predicted octanol–water partition coefficient (Wildman–Crippen LogP) is 5.90. The van der Waals surface area contributed by atoms with Crippen LogP contribution in [0.4, 0.5) is 5.69 Å². The molecular weight excluding hydrogens is 464 g/mol. The van der Waals surface area contributed by atoms with E-state index in [4.69, 9.17) is 4.42 Å². The van der Waals surface area contributed by atoms with Gasteiger partial charge in [0.1, 0.15) is 5.76 Å². The summed E-state index contributed by atoms with van der Waals surface area (Å²) in [6, 6.07) is 20.3. The lowest BCUT2D eigenvalue weighted by Crippen LogP contribution is -2.33. The number of carbonyl (C=O) groups is 1. The summed E-state index contributed by atoms with van der Waals surface area (Å²) in [7, 11) is 0. The third kappa shape index (κ3) is 4.79. The number of rotatable bonds is 6. The Morgan fingerprint density at radius 2 is 1.91 bits per heavy atom. The number of hydrogen-bond acceptors (Lipinski definition) is 6. The molecule has 2 aromatic heterocycles. The van der Waals surface area contributed by atoms with Crippen LogP contribution >= 0.6 is 23.5 Å². The van der Waals surface area contributed by atoms with Crippen molar-refractivity contribution >= 4 is 35.1 Å². The molecule has 0 bridgehead atoms. The number of hydrogen-bond donors (Lipinski definition) is 0. The van der Waals surface area contributed by atoms with E-state index < -0.39 is 0 Å². The number of benzene rings is 2. The van der Waals surface area contributed by atoms with Gasteiger partial charge < -0.3 is 9.32 Å². The third-order valence-electron chi connectivity index (χ3n) is 5.87. The highest BCUT2D eigenvalue weighted by molar-refractivity contribution is 8.00. The molecule has 1 aliphatic rings. The van der Waals surface area contributed by atoms with E-state index in [1.807, 2.05) is 66.1 Å². The zero-order chi connectivity index (χ0) is 23.5. The normalized spacial score (nSPS) is 15.7. The van der Waals surface area contributed by atoms with Gasteiger partial charge in [-0.05, 0) is 37.1 Å². The summed E-state index contributed by atoms with van der Waals surface area (Å²) in [4.78, 5) is 16.5. The number of aryl methyl sites for hydroxylation is 1. The van der Waals surface area contributed by atoms with Crippen LogP contribution in [0, 0.1) is 6.92 Å². The van der Waals surface area contributed by atoms with Crippen LogP contribution in [-0.2, 0) is 11.3 Å². The SMILES string of the molecule is Cc1occc1-c1nnc(SCC(=O)N2CCC(C)Sc3ccccc32)n1Cc1ccccc1. The van der Waals surface area contributed by atoms with Crippen LogP contribution in [0.15, 0.2) is 81.4 Å². The number of amides is 1. The standard InChI is InChI=1S/C26H26N4O2S2/c1-18-12-14-29(22-10-6-7-11-23(22)34-18)24(31)17-33-26-28-27-25(21-13-15-32-19(21)2)30(26)16-20-8-4-3-5-9-20/h3-11,13,15,18H,12,14,16-17H2,1-2H3. The molecule has 34 heavy (non-hydrogen) atoms. The van der Waals surface area contributed by atoms with Crippen molar-refractivity contribution in [1.82, 2.24) is 14.8 Å². The molecule has 0 fully saturated rings. The van der Waals surface area contributed by atoms with Gasteiger partial charge in [0.05, 0.1) is 29.8 Å². The van der Waals surface area contributed by atoms with Crippen LogP contribution in [0.3, 0.4) is 0 Å². The maximum Gasteiger partial charge on any atom is 0.237 e. The predicted molar refractivity (Wildman–Crippen MR) is 137 cm³/mol. The molecule has 1 unspecified atom stereocenters. The van der Waals surface area contributed by atoms with Gasteiger partial charge >= 0.3 is 0 Å². The number of anilines is 1. The molecule has 3 heterocycles. The molecule has 1 amide bonds. The van der Waals surface area contributed by atoms with Crippen molar-refractivity contribution in [2.24, 2.45) is 0 Å². The molecule has 2 aromatic carbocycles. The first kappa shape index (κ1) is 22.8. The summed E-state index contributed by atoms with van der Waals surface area (Å²) in [6.07, 6.45) is 2.63. The van der Waals surface area contributed by atoms with Crippen LogP contribution in [0.1, 0.15) is 24.7 Å². The van der Waals surface area contributed by atoms with Crippen molar-refractivity contribution in [3.05, 3.63) is 78.3 Å². The van der Waals surface area contributed by atoms with Crippen LogP contribution in [0.2, 0.25) is 0 Å². The summed E-state index contributed by atoms with van der Waals surface area (Å²) < 4.78 is 7.58. The van der Waals surface area contributed by atoms with Crippen molar-refractivity contribution in [2.45, 2.75) is 42.1 Å². The van der Waals surface area contributed by atoms with Crippen molar-refractivity contribution in [2.75, 3.05) is 17.2 Å². The van der Waals surface area contributed by atoms with Gasteiger partial charge in [-0.15, -0.1) is 22.0 Å². The van der Waals surface area contributed by atoms with E-state index in [9.17, 15) is 4.79 Å². The number of nitrogens with zero attached hydrogens (tertiary/aromatic N) is 4. The lowest BCUT2D eigenvalue weighted by atomic mass is 10.2. The van der Waals surface area contributed by atoms with Crippen molar-refractivity contribution in [3.8, 4) is 11.4 Å². The van der Waals surface area contributed by atoms with E-state index >= 15 is 0 Å². The third-order valence-corrected chi connectivity index (χ3v) is 8.06. The van der Waals surface area contributed by atoms with Crippen molar-refractivity contribution in [1.29, 1.82) is 0 Å². The van der Waals surface area contributed by atoms with E-state index in [0.717, 1.165) is 51.4 Å². The highest BCUT2D eigenvalue weighted by atomic mass is 32.2. The van der Waals surface area contributed by atoms with Crippen LogP contribution in [0.25, 0.3) is 11.4 Å². The molecule has 5 rings (SSSR count). The Hall–Kier alpha value is -2.97. The Morgan fingerprint density at radius 1 is 1.12 bits per heavy atom. The number of thioether (sulfide) groups is 2. The van der Waals surface area contributed by atoms with E-state index in [1.54, 1.807) is 6.26 Å². The molecule has 0 saturated carbocycles. The Kier molecular flexibility index (Phi) is 6.78. The minimum atomic E-state index is 0.0856.